The highest BCUT2D eigenvalue weighted by atomic mass is 16.5. The molecule has 0 heterocycles. The van der Waals surface area contributed by atoms with Crippen molar-refractivity contribution in [3.05, 3.63) is 29.8 Å². The van der Waals surface area contributed by atoms with Gasteiger partial charge >= 0.3 is 0 Å². The highest BCUT2D eigenvalue weighted by Crippen LogP contribution is 2.12. The average molecular weight is 306 g/mol. The molecule has 0 atom stereocenters. The number of benzene rings is 1. The lowest BCUT2D eigenvalue weighted by atomic mass is 10.1. The van der Waals surface area contributed by atoms with Crippen LogP contribution in [-0.4, -0.2) is 24.6 Å². The van der Waals surface area contributed by atoms with Crippen molar-refractivity contribution in [1.82, 2.24) is 10.6 Å². The van der Waals surface area contributed by atoms with Crippen LogP contribution in [0.3, 0.4) is 0 Å². The molecule has 0 spiro atoms. The van der Waals surface area contributed by atoms with Crippen molar-refractivity contribution in [2.24, 2.45) is 0 Å². The summed E-state index contributed by atoms with van der Waals surface area (Å²) in [5.74, 6) is 0.618. The van der Waals surface area contributed by atoms with Crippen LogP contribution in [0.4, 0.5) is 0 Å². The van der Waals surface area contributed by atoms with E-state index in [2.05, 4.69) is 17.6 Å². The quantitative estimate of drug-likeness (QED) is 0.689. The molecular weight excluding hydrogens is 276 g/mol. The number of carbonyl (C=O) groups is 1. The Morgan fingerprint density at radius 3 is 2.41 bits per heavy atom. The molecule has 0 aliphatic heterocycles. The van der Waals surface area contributed by atoms with Gasteiger partial charge in [-0.25, -0.2) is 0 Å². The Balaban J connectivity index is 2.28. The van der Waals surface area contributed by atoms with E-state index < -0.39 is 0 Å². The Morgan fingerprint density at radius 1 is 1.14 bits per heavy atom. The Hall–Kier alpha value is -1.55. The monoisotopic (exact) mass is 306 g/mol. The second-order valence-electron chi connectivity index (χ2n) is 6.61. The Labute approximate surface area is 134 Å². The molecule has 4 nitrogen and oxygen atoms in total. The lowest BCUT2D eigenvalue weighted by Crippen LogP contribution is -2.43. The molecule has 0 aliphatic rings. The fourth-order valence-corrected chi connectivity index (χ4v) is 2.04. The molecule has 0 saturated carbocycles. The van der Waals surface area contributed by atoms with E-state index in [1.54, 1.807) is 0 Å². The summed E-state index contributed by atoms with van der Waals surface area (Å²) in [5.41, 5.74) is 0.997. The summed E-state index contributed by atoms with van der Waals surface area (Å²) >= 11 is 0. The van der Waals surface area contributed by atoms with Gasteiger partial charge in [-0.15, -0.1) is 0 Å². The van der Waals surface area contributed by atoms with Crippen LogP contribution in [0.2, 0.25) is 0 Å². The number of carbonyl (C=O) groups excluding carboxylic acids is 1. The van der Waals surface area contributed by atoms with E-state index in [-0.39, 0.29) is 18.1 Å². The molecule has 1 aromatic carbocycles. The van der Waals surface area contributed by atoms with Gasteiger partial charge in [-0.1, -0.05) is 31.9 Å². The van der Waals surface area contributed by atoms with Crippen LogP contribution in [0, 0.1) is 0 Å². The third kappa shape index (κ3) is 8.67. The zero-order valence-corrected chi connectivity index (χ0v) is 14.4. The third-order valence-electron chi connectivity index (χ3n) is 3.09. The molecule has 0 aliphatic carbocycles. The molecular formula is C18H30N2O2. The summed E-state index contributed by atoms with van der Waals surface area (Å²) in [6, 6.07) is 7.88. The topological polar surface area (TPSA) is 50.4 Å². The molecule has 22 heavy (non-hydrogen) atoms. The zero-order valence-electron chi connectivity index (χ0n) is 14.4. The van der Waals surface area contributed by atoms with Gasteiger partial charge < -0.3 is 15.4 Å². The Kier molecular flexibility index (Phi) is 7.96. The molecule has 0 aromatic heterocycles. The lowest BCUT2D eigenvalue weighted by molar-refractivity contribution is -0.124. The van der Waals surface area contributed by atoms with Gasteiger partial charge in [-0.05, 0) is 51.4 Å². The van der Waals surface area contributed by atoms with Crippen molar-refractivity contribution < 1.29 is 9.53 Å². The van der Waals surface area contributed by atoms with Gasteiger partial charge in [0.25, 0.3) is 5.91 Å². The maximum absolute atomic E-state index is 11.7. The van der Waals surface area contributed by atoms with Crippen molar-refractivity contribution in [3.8, 4) is 5.75 Å². The Bertz CT molecular complexity index is 435. The second kappa shape index (κ2) is 9.46. The summed E-state index contributed by atoms with van der Waals surface area (Å²) in [6.07, 6.45) is 3.74. The number of unbranched alkanes of at least 4 members (excludes halogenated alkanes) is 2. The molecule has 1 amide bonds. The molecule has 0 bridgehead atoms. The van der Waals surface area contributed by atoms with Crippen LogP contribution in [0.15, 0.2) is 24.3 Å². The summed E-state index contributed by atoms with van der Waals surface area (Å²) in [7, 11) is 0. The summed E-state index contributed by atoms with van der Waals surface area (Å²) in [6.45, 7) is 10.0. The van der Waals surface area contributed by atoms with Gasteiger partial charge in [0, 0.05) is 12.1 Å². The molecule has 0 radical (unpaired) electrons. The van der Waals surface area contributed by atoms with Crippen molar-refractivity contribution in [2.75, 3.05) is 13.2 Å². The first kappa shape index (κ1) is 18.5. The number of amides is 1. The van der Waals surface area contributed by atoms with Crippen LogP contribution in [0.25, 0.3) is 0 Å². The molecule has 0 unspecified atom stereocenters. The predicted molar refractivity (Wildman–Crippen MR) is 91.1 cm³/mol. The first-order valence-electron chi connectivity index (χ1n) is 8.14. The van der Waals surface area contributed by atoms with E-state index in [0.29, 0.717) is 0 Å². The standard InChI is InChI=1S/C18H30N2O2/c1-5-6-7-12-19-13-15-8-10-16(11-9-15)22-14-17(21)20-18(2,3)4/h8-11,19H,5-7,12-14H2,1-4H3,(H,20,21). The van der Waals surface area contributed by atoms with E-state index in [4.69, 9.17) is 4.74 Å². The van der Waals surface area contributed by atoms with Crippen molar-refractivity contribution >= 4 is 5.91 Å². The third-order valence-corrected chi connectivity index (χ3v) is 3.09. The normalized spacial score (nSPS) is 11.3. The summed E-state index contributed by atoms with van der Waals surface area (Å²) in [4.78, 5) is 11.7. The van der Waals surface area contributed by atoms with Crippen molar-refractivity contribution in [1.29, 1.82) is 0 Å². The molecule has 1 rings (SSSR count). The number of hydrogen-bond donors (Lipinski definition) is 2. The summed E-state index contributed by atoms with van der Waals surface area (Å²) < 4.78 is 5.49. The van der Waals surface area contributed by atoms with Crippen molar-refractivity contribution in [2.45, 2.75) is 59.0 Å². The van der Waals surface area contributed by atoms with Crippen molar-refractivity contribution in [3.63, 3.8) is 0 Å². The fourth-order valence-electron chi connectivity index (χ4n) is 2.04. The SMILES string of the molecule is CCCCCNCc1ccc(OCC(=O)NC(C)(C)C)cc1. The molecule has 124 valence electrons. The van der Waals surface area contributed by atoms with Gasteiger partial charge in [0.1, 0.15) is 5.75 Å². The van der Waals surface area contributed by atoms with Crippen LogP contribution in [-0.2, 0) is 11.3 Å². The van der Waals surface area contributed by atoms with Gasteiger partial charge in [-0.2, -0.15) is 0 Å². The average Bonchev–Trinajstić information content (AvgIpc) is 2.44. The number of hydrogen-bond acceptors (Lipinski definition) is 3. The van der Waals surface area contributed by atoms with Crippen LogP contribution in [0.5, 0.6) is 5.75 Å². The van der Waals surface area contributed by atoms with E-state index in [0.717, 1.165) is 18.8 Å². The second-order valence-corrected chi connectivity index (χ2v) is 6.61. The molecule has 2 N–H and O–H groups in total. The van der Waals surface area contributed by atoms with Gasteiger partial charge in [-0.3, -0.25) is 4.79 Å². The minimum Gasteiger partial charge on any atom is -0.484 e. The minimum atomic E-state index is -0.228. The number of rotatable bonds is 9. The highest BCUT2D eigenvalue weighted by molar-refractivity contribution is 5.78. The van der Waals surface area contributed by atoms with Crippen LogP contribution in [0.1, 0.15) is 52.5 Å². The van der Waals surface area contributed by atoms with Gasteiger partial charge in [0.15, 0.2) is 6.61 Å². The fraction of sp³-hybridized carbons (Fsp3) is 0.611. The first-order valence-corrected chi connectivity index (χ1v) is 8.14. The van der Waals surface area contributed by atoms with Gasteiger partial charge in [0.05, 0.1) is 0 Å². The summed E-state index contributed by atoms with van der Waals surface area (Å²) in [5, 5.41) is 6.30. The smallest absolute Gasteiger partial charge is 0.258 e. The maximum Gasteiger partial charge on any atom is 0.258 e. The largest absolute Gasteiger partial charge is 0.484 e. The van der Waals surface area contributed by atoms with E-state index in [1.807, 2.05) is 45.0 Å². The van der Waals surface area contributed by atoms with E-state index >= 15 is 0 Å². The zero-order chi connectivity index (χ0) is 16.4. The van der Waals surface area contributed by atoms with Crippen LogP contribution >= 0.6 is 0 Å². The van der Waals surface area contributed by atoms with E-state index in [9.17, 15) is 4.79 Å². The number of ether oxygens (including phenoxy) is 1. The Morgan fingerprint density at radius 2 is 1.82 bits per heavy atom. The highest BCUT2D eigenvalue weighted by Gasteiger charge is 2.13. The maximum atomic E-state index is 11.7. The molecule has 4 heteroatoms. The predicted octanol–water partition coefficient (Wildman–Crippen LogP) is 3.26. The molecule has 0 saturated heterocycles. The lowest BCUT2D eigenvalue weighted by Gasteiger charge is -2.20. The molecule has 0 fully saturated rings. The molecule has 1 aromatic rings. The van der Waals surface area contributed by atoms with E-state index in [1.165, 1.54) is 24.8 Å². The minimum absolute atomic E-state index is 0.0475. The van der Waals surface area contributed by atoms with Gasteiger partial charge in [0.2, 0.25) is 0 Å². The first-order chi connectivity index (χ1) is 10.4. The number of nitrogens with one attached hydrogen (secondary N) is 2. The van der Waals surface area contributed by atoms with Crippen LogP contribution < -0.4 is 15.4 Å².